The van der Waals surface area contributed by atoms with Crippen LogP contribution in [0, 0.1) is 6.92 Å². The Morgan fingerprint density at radius 3 is 2.42 bits per heavy atom. The molecule has 0 aliphatic carbocycles. The molecule has 31 heavy (non-hydrogen) atoms. The summed E-state index contributed by atoms with van der Waals surface area (Å²) in [5, 5.41) is 0. The summed E-state index contributed by atoms with van der Waals surface area (Å²) in [4.78, 5) is 9.12. The summed E-state index contributed by atoms with van der Waals surface area (Å²) in [6, 6.07) is 15.6. The van der Waals surface area contributed by atoms with Gasteiger partial charge in [-0.1, -0.05) is 35.9 Å². The van der Waals surface area contributed by atoms with Gasteiger partial charge in [0.1, 0.15) is 0 Å². The van der Waals surface area contributed by atoms with Crippen LogP contribution in [0.15, 0.2) is 42.5 Å². The molecule has 6 nitrogen and oxygen atoms in total. The number of benzene rings is 2. The summed E-state index contributed by atoms with van der Waals surface area (Å²) >= 11 is 0. The first-order chi connectivity index (χ1) is 15.1. The molecule has 0 radical (unpaired) electrons. The molecule has 1 unspecified atom stereocenters. The molecule has 2 aliphatic rings. The van der Waals surface area contributed by atoms with Crippen LogP contribution in [-0.4, -0.2) is 50.8 Å². The lowest BCUT2D eigenvalue weighted by Gasteiger charge is -2.37. The second-order valence-electron chi connectivity index (χ2n) is 8.25. The van der Waals surface area contributed by atoms with Gasteiger partial charge in [0.25, 0.3) is 0 Å². The number of hydrogen-bond donors (Lipinski definition) is 2. The standard InChI is InChI=1S/C23H31N3O.C2H7NO/c1-18-2-5-21(6-3-18)26-13-11-25(12-14-26)10-8-23-22-7-4-19(17-24)16-20(22)9-15-27-23;1-2-4-3/h2-7,16,23H,8-15,17,24H2,1H3;2-3H2,1H3. The predicted molar refractivity (Wildman–Crippen MR) is 127 cm³/mol. The molecule has 2 aromatic rings. The molecule has 2 aliphatic heterocycles. The number of anilines is 1. The molecule has 170 valence electrons. The summed E-state index contributed by atoms with van der Waals surface area (Å²) < 4.78 is 6.10. The van der Waals surface area contributed by atoms with Crippen LogP contribution in [0.3, 0.4) is 0 Å². The van der Waals surface area contributed by atoms with Gasteiger partial charge in [-0.25, -0.2) is 5.90 Å². The first-order valence-corrected chi connectivity index (χ1v) is 11.4. The molecular formula is C25H38N4O2. The van der Waals surface area contributed by atoms with Gasteiger partial charge in [0.15, 0.2) is 0 Å². The van der Waals surface area contributed by atoms with Gasteiger partial charge in [0.05, 0.1) is 19.3 Å². The molecular weight excluding hydrogens is 388 g/mol. The van der Waals surface area contributed by atoms with Gasteiger partial charge in [-0.2, -0.15) is 0 Å². The molecule has 2 aromatic carbocycles. The van der Waals surface area contributed by atoms with Gasteiger partial charge < -0.3 is 20.2 Å². The summed E-state index contributed by atoms with van der Waals surface area (Å²) in [6.07, 6.45) is 2.31. The lowest BCUT2D eigenvalue weighted by Crippen LogP contribution is -2.46. The van der Waals surface area contributed by atoms with E-state index in [4.69, 9.17) is 10.5 Å². The lowest BCUT2D eigenvalue weighted by molar-refractivity contribution is 0.0289. The molecule has 0 bridgehead atoms. The molecule has 0 spiro atoms. The van der Waals surface area contributed by atoms with E-state index >= 15 is 0 Å². The van der Waals surface area contributed by atoms with E-state index in [9.17, 15) is 0 Å². The van der Waals surface area contributed by atoms with E-state index in [0.717, 1.165) is 52.2 Å². The van der Waals surface area contributed by atoms with Gasteiger partial charge in [0.2, 0.25) is 0 Å². The Kier molecular flexibility index (Phi) is 9.31. The van der Waals surface area contributed by atoms with E-state index in [0.29, 0.717) is 13.2 Å². The fraction of sp³-hybridized carbons (Fsp3) is 0.520. The number of ether oxygens (including phenoxy) is 1. The average molecular weight is 427 g/mol. The minimum absolute atomic E-state index is 0.232. The number of rotatable bonds is 6. The molecule has 0 amide bonds. The fourth-order valence-electron chi connectivity index (χ4n) is 4.24. The number of nitrogens with two attached hydrogens (primary N) is 2. The van der Waals surface area contributed by atoms with E-state index in [1.807, 2.05) is 6.92 Å². The third-order valence-electron chi connectivity index (χ3n) is 6.13. The van der Waals surface area contributed by atoms with Crippen LogP contribution >= 0.6 is 0 Å². The zero-order valence-corrected chi connectivity index (χ0v) is 19.1. The normalized spacial score (nSPS) is 18.8. The zero-order valence-electron chi connectivity index (χ0n) is 19.1. The molecule has 1 atom stereocenters. The van der Waals surface area contributed by atoms with Gasteiger partial charge in [-0.3, -0.25) is 4.90 Å². The molecule has 0 saturated carbocycles. The van der Waals surface area contributed by atoms with E-state index in [2.05, 4.69) is 69.9 Å². The van der Waals surface area contributed by atoms with Crippen molar-refractivity contribution >= 4 is 5.69 Å². The second-order valence-corrected chi connectivity index (χ2v) is 8.25. The highest BCUT2D eigenvalue weighted by molar-refractivity contribution is 5.47. The fourth-order valence-corrected chi connectivity index (χ4v) is 4.24. The highest BCUT2D eigenvalue weighted by atomic mass is 16.6. The number of aryl methyl sites for hydroxylation is 1. The lowest BCUT2D eigenvalue weighted by atomic mass is 9.93. The van der Waals surface area contributed by atoms with Crippen LogP contribution in [0.5, 0.6) is 0 Å². The van der Waals surface area contributed by atoms with Crippen molar-refractivity contribution in [2.45, 2.75) is 39.3 Å². The van der Waals surface area contributed by atoms with Gasteiger partial charge in [0, 0.05) is 45.0 Å². The van der Waals surface area contributed by atoms with Crippen molar-refractivity contribution in [3.63, 3.8) is 0 Å². The Labute approximate surface area is 187 Å². The van der Waals surface area contributed by atoms with Crippen molar-refractivity contribution in [3.8, 4) is 0 Å². The van der Waals surface area contributed by atoms with Crippen LogP contribution in [0.25, 0.3) is 0 Å². The third kappa shape index (κ3) is 6.76. The topological polar surface area (TPSA) is 77.0 Å². The molecule has 4 rings (SSSR count). The number of hydrogen-bond acceptors (Lipinski definition) is 6. The summed E-state index contributed by atoms with van der Waals surface area (Å²) in [6.45, 7) is 11.6. The first-order valence-electron chi connectivity index (χ1n) is 11.4. The summed E-state index contributed by atoms with van der Waals surface area (Å²) in [7, 11) is 0. The minimum atomic E-state index is 0.232. The van der Waals surface area contributed by atoms with Crippen molar-refractivity contribution in [2.75, 3.05) is 50.8 Å². The van der Waals surface area contributed by atoms with Gasteiger partial charge >= 0.3 is 0 Å². The highest BCUT2D eigenvalue weighted by Crippen LogP contribution is 2.30. The van der Waals surface area contributed by atoms with Crippen molar-refractivity contribution in [1.82, 2.24) is 4.90 Å². The molecule has 4 N–H and O–H groups in total. The number of fused-ring (bicyclic) bond motifs is 1. The Hall–Kier alpha value is -1.96. The van der Waals surface area contributed by atoms with Crippen LogP contribution in [-0.2, 0) is 22.5 Å². The Balaban J connectivity index is 0.000000628. The maximum atomic E-state index is 6.10. The molecule has 1 saturated heterocycles. The molecule has 2 heterocycles. The van der Waals surface area contributed by atoms with Crippen molar-refractivity contribution in [1.29, 1.82) is 0 Å². The Morgan fingerprint density at radius 1 is 1.06 bits per heavy atom. The average Bonchev–Trinajstić information content (AvgIpc) is 2.83. The largest absolute Gasteiger partial charge is 0.373 e. The minimum Gasteiger partial charge on any atom is -0.373 e. The Bertz CT molecular complexity index is 787. The maximum absolute atomic E-state index is 6.10. The Morgan fingerprint density at radius 2 is 1.77 bits per heavy atom. The monoisotopic (exact) mass is 426 g/mol. The van der Waals surface area contributed by atoms with Gasteiger partial charge in [-0.05, 0) is 55.5 Å². The molecule has 1 fully saturated rings. The van der Waals surface area contributed by atoms with Crippen LogP contribution in [0.4, 0.5) is 5.69 Å². The van der Waals surface area contributed by atoms with Crippen LogP contribution < -0.4 is 16.5 Å². The van der Waals surface area contributed by atoms with E-state index in [1.165, 1.54) is 27.9 Å². The molecule has 0 aromatic heterocycles. The van der Waals surface area contributed by atoms with E-state index in [1.54, 1.807) is 0 Å². The van der Waals surface area contributed by atoms with Crippen LogP contribution in [0.1, 0.15) is 41.7 Å². The highest BCUT2D eigenvalue weighted by Gasteiger charge is 2.23. The SMILES string of the molecule is CCON.Cc1ccc(N2CCN(CCC3OCCc4cc(CN)ccc43)CC2)cc1. The summed E-state index contributed by atoms with van der Waals surface area (Å²) in [5.41, 5.74) is 12.5. The number of piperazine rings is 1. The molecule has 6 heteroatoms. The van der Waals surface area contributed by atoms with E-state index < -0.39 is 0 Å². The number of nitrogens with zero attached hydrogens (tertiary/aromatic N) is 2. The summed E-state index contributed by atoms with van der Waals surface area (Å²) in [5.74, 6) is 4.53. The van der Waals surface area contributed by atoms with Crippen molar-refractivity contribution < 1.29 is 9.57 Å². The maximum Gasteiger partial charge on any atom is 0.0839 e. The second kappa shape index (κ2) is 12.2. The van der Waals surface area contributed by atoms with Crippen molar-refractivity contribution in [2.24, 2.45) is 11.6 Å². The predicted octanol–water partition coefficient (Wildman–Crippen LogP) is 3.18. The zero-order chi connectivity index (χ0) is 22.1. The third-order valence-corrected chi connectivity index (χ3v) is 6.13. The van der Waals surface area contributed by atoms with Crippen LogP contribution in [0.2, 0.25) is 0 Å². The first kappa shape index (κ1) is 23.7. The van der Waals surface area contributed by atoms with Gasteiger partial charge in [-0.15, -0.1) is 0 Å². The smallest absolute Gasteiger partial charge is 0.0839 e. The van der Waals surface area contributed by atoms with Crippen molar-refractivity contribution in [3.05, 3.63) is 64.7 Å². The van der Waals surface area contributed by atoms with E-state index in [-0.39, 0.29) is 6.10 Å². The quantitative estimate of drug-likeness (QED) is 0.691.